The van der Waals surface area contributed by atoms with Crippen molar-refractivity contribution in [2.45, 2.75) is 52.6 Å². The molecular formula is C13H24O3. The molecule has 1 fully saturated rings. The van der Waals surface area contributed by atoms with Crippen molar-refractivity contribution in [2.24, 2.45) is 11.8 Å². The second kappa shape index (κ2) is 6.89. The molecule has 0 saturated heterocycles. The standard InChI is InChI=1S/C13H24O3/c1-4-15-13(14)5-6-16-12-8-10(2)7-11(3)9-12/h10-12H,4-9H2,1-3H3. The summed E-state index contributed by atoms with van der Waals surface area (Å²) in [5.41, 5.74) is 0. The molecule has 0 aliphatic heterocycles. The van der Waals surface area contributed by atoms with E-state index in [0.29, 0.717) is 25.7 Å². The molecule has 0 radical (unpaired) electrons. The van der Waals surface area contributed by atoms with Gasteiger partial charge in [0.25, 0.3) is 0 Å². The van der Waals surface area contributed by atoms with Crippen LogP contribution in [-0.4, -0.2) is 25.3 Å². The summed E-state index contributed by atoms with van der Waals surface area (Å²) in [6, 6.07) is 0. The Bertz CT molecular complexity index is 205. The number of hydrogen-bond acceptors (Lipinski definition) is 3. The van der Waals surface area contributed by atoms with Crippen molar-refractivity contribution in [3.8, 4) is 0 Å². The fourth-order valence-corrected chi connectivity index (χ4v) is 2.55. The van der Waals surface area contributed by atoms with Crippen LogP contribution in [0, 0.1) is 11.8 Å². The third-order valence-electron chi connectivity index (χ3n) is 3.10. The Balaban J connectivity index is 2.14. The normalized spacial score (nSPS) is 30.1. The minimum Gasteiger partial charge on any atom is -0.466 e. The van der Waals surface area contributed by atoms with Gasteiger partial charge in [0.15, 0.2) is 0 Å². The molecule has 0 spiro atoms. The van der Waals surface area contributed by atoms with Gasteiger partial charge in [0.05, 0.1) is 25.7 Å². The molecular weight excluding hydrogens is 204 g/mol. The molecule has 0 aromatic carbocycles. The first-order chi connectivity index (χ1) is 7.61. The fourth-order valence-electron chi connectivity index (χ4n) is 2.55. The molecule has 0 bridgehead atoms. The zero-order chi connectivity index (χ0) is 12.0. The molecule has 0 heterocycles. The number of carbonyl (C=O) groups is 1. The number of carbonyl (C=O) groups excluding carboxylic acids is 1. The van der Waals surface area contributed by atoms with Gasteiger partial charge in [-0.15, -0.1) is 0 Å². The maximum absolute atomic E-state index is 11.1. The molecule has 1 aliphatic rings. The van der Waals surface area contributed by atoms with Crippen molar-refractivity contribution >= 4 is 5.97 Å². The van der Waals surface area contributed by atoms with Crippen molar-refractivity contribution in [1.82, 2.24) is 0 Å². The Morgan fingerprint density at radius 1 is 1.19 bits per heavy atom. The number of rotatable bonds is 5. The van der Waals surface area contributed by atoms with E-state index in [1.165, 1.54) is 6.42 Å². The summed E-state index contributed by atoms with van der Waals surface area (Å²) in [4.78, 5) is 11.1. The van der Waals surface area contributed by atoms with E-state index in [0.717, 1.165) is 24.7 Å². The largest absolute Gasteiger partial charge is 0.466 e. The first kappa shape index (κ1) is 13.5. The van der Waals surface area contributed by atoms with Crippen LogP contribution >= 0.6 is 0 Å². The molecule has 2 atom stereocenters. The highest BCUT2D eigenvalue weighted by molar-refractivity contribution is 5.69. The quantitative estimate of drug-likeness (QED) is 0.679. The summed E-state index contributed by atoms with van der Waals surface area (Å²) in [6.07, 6.45) is 4.29. The summed E-state index contributed by atoms with van der Waals surface area (Å²) in [6.45, 7) is 7.33. The van der Waals surface area contributed by atoms with E-state index in [1.54, 1.807) is 0 Å². The van der Waals surface area contributed by atoms with Crippen LogP contribution < -0.4 is 0 Å². The molecule has 0 aromatic heterocycles. The molecule has 16 heavy (non-hydrogen) atoms. The molecule has 1 aliphatic carbocycles. The van der Waals surface area contributed by atoms with E-state index >= 15 is 0 Å². The summed E-state index contributed by atoms with van der Waals surface area (Å²) in [5, 5.41) is 0. The average molecular weight is 228 g/mol. The van der Waals surface area contributed by atoms with Gasteiger partial charge in [0.1, 0.15) is 0 Å². The van der Waals surface area contributed by atoms with Crippen molar-refractivity contribution in [3.63, 3.8) is 0 Å². The van der Waals surface area contributed by atoms with Crippen LogP contribution in [0.25, 0.3) is 0 Å². The highest BCUT2D eigenvalue weighted by Crippen LogP contribution is 2.30. The first-order valence-corrected chi connectivity index (χ1v) is 6.39. The van der Waals surface area contributed by atoms with Crippen molar-refractivity contribution in [3.05, 3.63) is 0 Å². The van der Waals surface area contributed by atoms with Gasteiger partial charge in [-0.05, 0) is 38.0 Å². The zero-order valence-electron chi connectivity index (χ0n) is 10.7. The molecule has 0 amide bonds. The van der Waals surface area contributed by atoms with Gasteiger partial charge >= 0.3 is 5.97 Å². The average Bonchev–Trinajstić information content (AvgIpc) is 2.16. The molecule has 1 saturated carbocycles. The van der Waals surface area contributed by atoms with Crippen LogP contribution in [0.1, 0.15) is 46.5 Å². The maximum Gasteiger partial charge on any atom is 0.308 e. The lowest BCUT2D eigenvalue weighted by molar-refractivity contribution is -0.145. The third-order valence-corrected chi connectivity index (χ3v) is 3.10. The Morgan fingerprint density at radius 2 is 1.81 bits per heavy atom. The van der Waals surface area contributed by atoms with E-state index in [4.69, 9.17) is 9.47 Å². The lowest BCUT2D eigenvalue weighted by Crippen LogP contribution is -2.27. The monoisotopic (exact) mass is 228 g/mol. The minimum absolute atomic E-state index is 0.153. The molecule has 0 aromatic rings. The first-order valence-electron chi connectivity index (χ1n) is 6.39. The third kappa shape index (κ3) is 4.97. The molecule has 94 valence electrons. The van der Waals surface area contributed by atoms with Crippen molar-refractivity contribution < 1.29 is 14.3 Å². The van der Waals surface area contributed by atoms with Crippen molar-refractivity contribution in [2.75, 3.05) is 13.2 Å². The highest BCUT2D eigenvalue weighted by Gasteiger charge is 2.24. The van der Waals surface area contributed by atoms with Gasteiger partial charge in [0, 0.05) is 0 Å². The van der Waals surface area contributed by atoms with E-state index < -0.39 is 0 Å². The number of ether oxygens (including phenoxy) is 2. The summed E-state index contributed by atoms with van der Waals surface area (Å²) in [7, 11) is 0. The molecule has 2 unspecified atom stereocenters. The van der Waals surface area contributed by atoms with Crippen LogP contribution in [0.2, 0.25) is 0 Å². The van der Waals surface area contributed by atoms with Crippen LogP contribution in [0.3, 0.4) is 0 Å². The van der Waals surface area contributed by atoms with E-state index in [2.05, 4.69) is 13.8 Å². The molecule has 1 rings (SSSR count). The Morgan fingerprint density at radius 3 is 2.38 bits per heavy atom. The topological polar surface area (TPSA) is 35.5 Å². The SMILES string of the molecule is CCOC(=O)CCOC1CC(C)CC(C)C1. The summed E-state index contributed by atoms with van der Waals surface area (Å²) in [5.74, 6) is 1.34. The Kier molecular flexibility index (Phi) is 5.81. The smallest absolute Gasteiger partial charge is 0.308 e. The van der Waals surface area contributed by atoms with Crippen LogP contribution in [-0.2, 0) is 14.3 Å². The highest BCUT2D eigenvalue weighted by atomic mass is 16.5. The van der Waals surface area contributed by atoms with Gasteiger partial charge in [-0.2, -0.15) is 0 Å². The van der Waals surface area contributed by atoms with Crippen LogP contribution in [0.5, 0.6) is 0 Å². The van der Waals surface area contributed by atoms with Gasteiger partial charge in [-0.25, -0.2) is 0 Å². The minimum atomic E-state index is -0.153. The second-order valence-electron chi connectivity index (χ2n) is 4.97. The maximum atomic E-state index is 11.1. The predicted molar refractivity (Wildman–Crippen MR) is 63.2 cm³/mol. The number of esters is 1. The van der Waals surface area contributed by atoms with Crippen LogP contribution in [0.4, 0.5) is 0 Å². The molecule has 0 N–H and O–H groups in total. The summed E-state index contributed by atoms with van der Waals surface area (Å²) < 4.78 is 10.6. The Labute approximate surface area is 98.5 Å². The van der Waals surface area contributed by atoms with Crippen LogP contribution in [0.15, 0.2) is 0 Å². The zero-order valence-corrected chi connectivity index (χ0v) is 10.7. The second-order valence-corrected chi connectivity index (χ2v) is 4.97. The van der Waals surface area contributed by atoms with Gasteiger partial charge in [-0.3, -0.25) is 4.79 Å². The van der Waals surface area contributed by atoms with E-state index in [9.17, 15) is 4.79 Å². The molecule has 3 heteroatoms. The lowest BCUT2D eigenvalue weighted by Gasteiger charge is -2.31. The predicted octanol–water partition coefficient (Wildman–Crippen LogP) is 2.78. The van der Waals surface area contributed by atoms with Gasteiger partial charge in [0.2, 0.25) is 0 Å². The van der Waals surface area contributed by atoms with Gasteiger partial charge < -0.3 is 9.47 Å². The van der Waals surface area contributed by atoms with E-state index in [1.807, 2.05) is 6.92 Å². The summed E-state index contributed by atoms with van der Waals surface area (Å²) >= 11 is 0. The lowest BCUT2D eigenvalue weighted by atomic mass is 9.82. The van der Waals surface area contributed by atoms with Gasteiger partial charge in [-0.1, -0.05) is 13.8 Å². The molecule has 3 nitrogen and oxygen atoms in total. The number of hydrogen-bond donors (Lipinski definition) is 0. The Hall–Kier alpha value is -0.570. The van der Waals surface area contributed by atoms with Crippen molar-refractivity contribution in [1.29, 1.82) is 0 Å². The fraction of sp³-hybridized carbons (Fsp3) is 0.923. The van der Waals surface area contributed by atoms with E-state index in [-0.39, 0.29) is 5.97 Å².